The van der Waals surface area contributed by atoms with Crippen LogP contribution in [-0.4, -0.2) is 33.8 Å². The third-order valence-corrected chi connectivity index (χ3v) is 3.99. The van der Waals surface area contributed by atoms with Gasteiger partial charge in [0.2, 0.25) is 0 Å². The van der Waals surface area contributed by atoms with E-state index in [1.54, 1.807) is 6.20 Å². The number of hydrogen-bond donors (Lipinski definition) is 1. The first kappa shape index (κ1) is 12.9. The lowest BCUT2D eigenvalue weighted by molar-refractivity contribution is 0.151. The molecule has 5 heteroatoms. The number of aryl methyl sites for hydroxylation is 1. The Kier molecular flexibility index (Phi) is 4.07. The van der Waals surface area contributed by atoms with Crippen molar-refractivity contribution in [3.05, 3.63) is 16.9 Å². The maximum atomic E-state index is 6.13. The number of hydrogen-bond acceptors (Lipinski definition) is 3. The third-order valence-electron chi connectivity index (χ3n) is 3.67. The highest BCUT2D eigenvalue weighted by atomic mass is 35.5. The first-order valence-corrected chi connectivity index (χ1v) is 6.60. The van der Waals surface area contributed by atoms with E-state index in [0.29, 0.717) is 5.92 Å². The molecule has 1 aromatic heterocycles. The van der Waals surface area contributed by atoms with Crippen molar-refractivity contribution in [2.45, 2.75) is 32.4 Å². The van der Waals surface area contributed by atoms with E-state index in [-0.39, 0.29) is 6.04 Å². The van der Waals surface area contributed by atoms with Crippen LogP contribution in [0.2, 0.25) is 5.02 Å². The topological polar surface area (TPSA) is 47.1 Å². The summed E-state index contributed by atoms with van der Waals surface area (Å²) in [7, 11) is 1.94. The molecule has 0 amide bonds. The molecule has 0 bridgehead atoms. The maximum Gasteiger partial charge on any atom is 0.0831 e. The van der Waals surface area contributed by atoms with E-state index >= 15 is 0 Å². The SMILES string of the molecule is CC(N)C1CCCN(Cc2c(Cl)cnn2C)C1. The molecule has 0 saturated carbocycles. The lowest BCUT2D eigenvalue weighted by Crippen LogP contribution is -2.42. The minimum Gasteiger partial charge on any atom is -0.328 e. The van der Waals surface area contributed by atoms with Crippen LogP contribution >= 0.6 is 11.6 Å². The summed E-state index contributed by atoms with van der Waals surface area (Å²) in [5.74, 6) is 0.607. The molecule has 17 heavy (non-hydrogen) atoms. The predicted molar refractivity (Wildman–Crippen MR) is 69.9 cm³/mol. The van der Waals surface area contributed by atoms with Crippen molar-refractivity contribution in [3.8, 4) is 0 Å². The van der Waals surface area contributed by atoms with Crippen molar-refractivity contribution in [2.24, 2.45) is 18.7 Å². The summed E-state index contributed by atoms with van der Waals surface area (Å²) >= 11 is 6.13. The second-order valence-corrected chi connectivity index (χ2v) is 5.47. The van der Waals surface area contributed by atoms with E-state index in [2.05, 4.69) is 16.9 Å². The Balaban J connectivity index is 1.99. The van der Waals surface area contributed by atoms with Crippen molar-refractivity contribution in [2.75, 3.05) is 13.1 Å². The zero-order valence-corrected chi connectivity index (χ0v) is 11.3. The Hall–Kier alpha value is -0.580. The molecule has 2 atom stereocenters. The van der Waals surface area contributed by atoms with E-state index in [1.807, 2.05) is 11.7 Å². The Morgan fingerprint density at radius 2 is 2.41 bits per heavy atom. The lowest BCUT2D eigenvalue weighted by atomic mass is 9.92. The fraction of sp³-hybridized carbons (Fsp3) is 0.750. The van der Waals surface area contributed by atoms with Crippen LogP contribution in [0.25, 0.3) is 0 Å². The number of halogens is 1. The molecular formula is C12H21ClN4. The van der Waals surface area contributed by atoms with Gasteiger partial charge in [0.25, 0.3) is 0 Å². The summed E-state index contributed by atoms with van der Waals surface area (Å²) in [6.45, 7) is 5.17. The van der Waals surface area contributed by atoms with Gasteiger partial charge in [-0.15, -0.1) is 0 Å². The van der Waals surface area contributed by atoms with Gasteiger partial charge in [0.05, 0.1) is 16.9 Å². The normalized spacial score (nSPS) is 23.9. The van der Waals surface area contributed by atoms with Gasteiger partial charge in [-0.25, -0.2) is 0 Å². The van der Waals surface area contributed by atoms with Crippen LogP contribution in [0.15, 0.2) is 6.20 Å². The number of likely N-dealkylation sites (tertiary alicyclic amines) is 1. The fourth-order valence-corrected chi connectivity index (χ4v) is 2.72. The average molecular weight is 257 g/mol. The van der Waals surface area contributed by atoms with Gasteiger partial charge in [0, 0.05) is 26.2 Å². The first-order chi connectivity index (χ1) is 8.08. The lowest BCUT2D eigenvalue weighted by Gasteiger charge is -2.34. The zero-order chi connectivity index (χ0) is 12.4. The molecule has 0 spiro atoms. The van der Waals surface area contributed by atoms with E-state index in [0.717, 1.165) is 30.4 Å². The summed E-state index contributed by atoms with van der Waals surface area (Å²) in [6.07, 6.45) is 4.18. The van der Waals surface area contributed by atoms with Gasteiger partial charge in [-0.1, -0.05) is 11.6 Å². The van der Waals surface area contributed by atoms with Crippen LogP contribution < -0.4 is 5.73 Å². The number of piperidine rings is 1. The predicted octanol–water partition coefficient (Wildman–Crippen LogP) is 1.63. The molecule has 2 rings (SSSR count). The smallest absolute Gasteiger partial charge is 0.0831 e. The largest absolute Gasteiger partial charge is 0.328 e. The molecule has 96 valence electrons. The third kappa shape index (κ3) is 3.00. The summed E-state index contributed by atoms with van der Waals surface area (Å²) in [5, 5.41) is 4.93. The van der Waals surface area contributed by atoms with Crippen molar-refractivity contribution in [1.29, 1.82) is 0 Å². The molecule has 0 radical (unpaired) electrons. The second-order valence-electron chi connectivity index (χ2n) is 5.06. The first-order valence-electron chi connectivity index (χ1n) is 6.22. The minimum atomic E-state index is 0.278. The van der Waals surface area contributed by atoms with Crippen LogP contribution in [0.5, 0.6) is 0 Å². The fourth-order valence-electron chi connectivity index (χ4n) is 2.49. The summed E-state index contributed by atoms with van der Waals surface area (Å²) in [6, 6.07) is 0.278. The molecular weight excluding hydrogens is 236 g/mol. The van der Waals surface area contributed by atoms with Crippen LogP contribution in [0.3, 0.4) is 0 Å². The zero-order valence-electron chi connectivity index (χ0n) is 10.6. The molecule has 1 aliphatic heterocycles. The highest BCUT2D eigenvalue weighted by Crippen LogP contribution is 2.22. The highest BCUT2D eigenvalue weighted by molar-refractivity contribution is 6.31. The van der Waals surface area contributed by atoms with Crippen LogP contribution in [0.4, 0.5) is 0 Å². The van der Waals surface area contributed by atoms with Gasteiger partial charge < -0.3 is 5.73 Å². The molecule has 0 aliphatic carbocycles. The van der Waals surface area contributed by atoms with Crippen molar-refractivity contribution in [3.63, 3.8) is 0 Å². The van der Waals surface area contributed by atoms with Crippen molar-refractivity contribution < 1.29 is 0 Å². The molecule has 2 unspecified atom stereocenters. The molecule has 4 nitrogen and oxygen atoms in total. The maximum absolute atomic E-state index is 6.13. The molecule has 2 heterocycles. The molecule has 1 fully saturated rings. The minimum absolute atomic E-state index is 0.278. The molecule has 1 saturated heterocycles. The van der Waals surface area contributed by atoms with Crippen LogP contribution in [0, 0.1) is 5.92 Å². The van der Waals surface area contributed by atoms with Gasteiger partial charge in [0.15, 0.2) is 0 Å². The number of nitrogens with zero attached hydrogens (tertiary/aromatic N) is 3. The second kappa shape index (κ2) is 5.38. The van der Waals surface area contributed by atoms with Crippen LogP contribution in [-0.2, 0) is 13.6 Å². The van der Waals surface area contributed by atoms with Gasteiger partial charge in [-0.3, -0.25) is 9.58 Å². The Bertz CT molecular complexity index is 355. The summed E-state index contributed by atoms with van der Waals surface area (Å²) in [4.78, 5) is 2.43. The monoisotopic (exact) mass is 256 g/mol. The number of nitrogens with two attached hydrogens (primary N) is 1. The summed E-state index contributed by atoms with van der Waals surface area (Å²) in [5.41, 5.74) is 7.09. The number of aromatic nitrogens is 2. The van der Waals surface area contributed by atoms with Gasteiger partial charge in [0.1, 0.15) is 0 Å². The van der Waals surface area contributed by atoms with Crippen molar-refractivity contribution in [1.82, 2.24) is 14.7 Å². The molecule has 1 aromatic rings. The highest BCUT2D eigenvalue weighted by Gasteiger charge is 2.23. The van der Waals surface area contributed by atoms with Gasteiger partial charge in [-0.2, -0.15) is 5.10 Å². The Morgan fingerprint density at radius 1 is 1.65 bits per heavy atom. The molecule has 0 aromatic carbocycles. The van der Waals surface area contributed by atoms with Gasteiger partial charge >= 0.3 is 0 Å². The summed E-state index contributed by atoms with van der Waals surface area (Å²) < 4.78 is 1.86. The Labute approximate surface area is 108 Å². The molecule has 1 aliphatic rings. The van der Waals surface area contributed by atoms with E-state index in [1.165, 1.54) is 12.8 Å². The molecule has 2 N–H and O–H groups in total. The number of rotatable bonds is 3. The van der Waals surface area contributed by atoms with E-state index < -0.39 is 0 Å². The standard InChI is InChI=1S/C12H21ClN4/c1-9(14)10-4-3-5-17(7-10)8-12-11(13)6-15-16(12)2/h6,9-10H,3-5,7-8,14H2,1-2H3. The van der Waals surface area contributed by atoms with Crippen LogP contribution in [0.1, 0.15) is 25.5 Å². The average Bonchev–Trinajstić information content (AvgIpc) is 2.61. The Morgan fingerprint density at radius 3 is 3.00 bits per heavy atom. The van der Waals surface area contributed by atoms with Crippen molar-refractivity contribution >= 4 is 11.6 Å². The van der Waals surface area contributed by atoms with E-state index in [9.17, 15) is 0 Å². The van der Waals surface area contributed by atoms with Gasteiger partial charge in [-0.05, 0) is 32.2 Å². The van der Waals surface area contributed by atoms with E-state index in [4.69, 9.17) is 17.3 Å². The quantitative estimate of drug-likeness (QED) is 0.894.